The number of anilines is 1. The number of rotatable bonds is 5. The SMILES string of the molecule is CCc1nnc2c(N3CC(N(C)Cc4ccc(F)cc4F)C3)nccn12. The molecule has 0 spiro atoms. The highest BCUT2D eigenvalue weighted by Crippen LogP contribution is 2.26. The Morgan fingerprint density at radius 1 is 1.23 bits per heavy atom. The molecule has 1 aliphatic rings. The van der Waals surface area contributed by atoms with Crippen LogP contribution in [0.15, 0.2) is 30.6 Å². The molecule has 6 nitrogen and oxygen atoms in total. The predicted octanol–water partition coefficient (Wildman–Crippen LogP) is 2.29. The molecule has 0 amide bonds. The minimum Gasteiger partial charge on any atom is -0.350 e. The monoisotopic (exact) mass is 358 g/mol. The quantitative estimate of drug-likeness (QED) is 0.700. The molecule has 3 heterocycles. The second-order valence-electron chi connectivity index (χ2n) is 6.62. The molecule has 2 aromatic heterocycles. The second kappa shape index (κ2) is 6.60. The van der Waals surface area contributed by atoms with Crippen molar-refractivity contribution >= 4 is 11.5 Å². The van der Waals surface area contributed by atoms with E-state index in [2.05, 4.69) is 25.0 Å². The summed E-state index contributed by atoms with van der Waals surface area (Å²) in [7, 11) is 1.95. The molecule has 0 saturated carbocycles. The molecule has 0 atom stereocenters. The first kappa shape index (κ1) is 16.8. The van der Waals surface area contributed by atoms with E-state index in [4.69, 9.17) is 0 Å². The smallest absolute Gasteiger partial charge is 0.203 e. The van der Waals surface area contributed by atoms with E-state index in [1.807, 2.05) is 24.6 Å². The van der Waals surface area contributed by atoms with Gasteiger partial charge < -0.3 is 4.90 Å². The molecule has 4 rings (SSSR count). The maximum Gasteiger partial charge on any atom is 0.203 e. The van der Waals surface area contributed by atoms with Crippen LogP contribution in [0.1, 0.15) is 18.3 Å². The van der Waals surface area contributed by atoms with Crippen LogP contribution in [0.2, 0.25) is 0 Å². The molecular formula is C18H20F2N6. The van der Waals surface area contributed by atoms with Gasteiger partial charge in [0.05, 0.1) is 0 Å². The van der Waals surface area contributed by atoms with Gasteiger partial charge in [-0.25, -0.2) is 13.8 Å². The van der Waals surface area contributed by atoms with Crippen molar-refractivity contribution in [2.45, 2.75) is 25.9 Å². The first-order valence-corrected chi connectivity index (χ1v) is 8.64. The summed E-state index contributed by atoms with van der Waals surface area (Å²) >= 11 is 0. The summed E-state index contributed by atoms with van der Waals surface area (Å²) in [5.41, 5.74) is 1.26. The Balaban J connectivity index is 1.44. The zero-order chi connectivity index (χ0) is 18.3. The molecule has 1 aliphatic heterocycles. The van der Waals surface area contributed by atoms with Crippen molar-refractivity contribution in [2.24, 2.45) is 0 Å². The normalized spacial score (nSPS) is 15.0. The summed E-state index contributed by atoms with van der Waals surface area (Å²) in [6.07, 6.45) is 4.44. The zero-order valence-electron chi connectivity index (χ0n) is 14.7. The van der Waals surface area contributed by atoms with Crippen molar-refractivity contribution in [1.29, 1.82) is 0 Å². The number of benzene rings is 1. The van der Waals surface area contributed by atoms with Crippen molar-refractivity contribution in [1.82, 2.24) is 24.5 Å². The maximum atomic E-state index is 13.8. The molecule has 1 fully saturated rings. The van der Waals surface area contributed by atoms with Gasteiger partial charge in [0.15, 0.2) is 5.82 Å². The highest BCUT2D eigenvalue weighted by molar-refractivity contribution is 5.65. The Morgan fingerprint density at radius 3 is 2.77 bits per heavy atom. The van der Waals surface area contributed by atoms with Crippen molar-refractivity contribution in [2.75, 3.05) is 25.0 Å². The lowest BCUT2D eigenvalue weighted by atomic mass is 10.1. The van der Waals surface area contributed by atoms with Gasteiger partial charge in [-0.05, 0) is 13.1 Å². The van der Waals surface area contributed by atoms with Gasteiger partial charge in [-0.3, -0.25) is 9.30 Å². The Hall–Kier alpha value is -2.61. The lowest BCUT2D eigenvalue weighted by molar-refractivity contribution is 0.194. The van der Waals surface area contributed by atoms with E-state index >= 15 is 0 Å². The molecular weight excluding hydrogens is 338 g/mol. The fraction of sp³-hybridized carbons (Fsp3) is 0.389. The van der Waals surface area contributed by atoms with E-state index < -0.39 is 11.6 Å². The van der Waals surface area contributed by atoms with Crippen molar-refractivity contribution in [3.05, 3.63) is 53.6 Å². The summed E-state index contributed by atoms with van der Waals surface area (Å²) in [5.74, 6) is 0.666. The third-order valence-electron chi connectivity index (χ3n) is 4.92. The largest absolute Gasteiger partial charge is 0.350 e. The lowest BCUT2D eigenvalue weighted by Gasteiger charge is -2.44. The third-order valence-corrected chi connectivity index (χ3v) is 4.92. The van der Waals surface area contributed by atoms with Crippen molar-refractivity contribution < 1.29 is 8.78 Å². The van der Waals surface area contributed by atoms with Crippen LogP contribution < -0.4 is 4.90 Å². The third kappa shape index (κ3) is 2.90. The number of aromatic nitrogens is 4. The minimum atomic E-state index is -0.553. The van der Waals surface area contributed by atoms with E-state index in [0.29, 0.717) is 12.1 Å². The Kier molecular flexibility index (Phi) is 4.28. The molecule has 8 heteroatoms. The number of hydrogen-bond acceptors (Lipinski definition) is 5. The minimum absolute atomic E-state index is 0.273. The topological polar surface area (TPSA) is 49.6 Å². The molecule has 0 aliphatic carbocycles. The fourth-order valence-electron chi connectivity index (χ4n) is 3.28. The number of nitrogens with zero attached hydrogens (tertiary/aromatic N) is 6. The van der Waals surface area contributed by atoms with Gasteiger partial charge in [-0.1, -0.05) is 13.0 Å². The Labute approximate surface area is 150 Å². The van der Waals surface area contributed by atoms with Crippen LogP contribution in [0.3, 0.4) is 0 Å². The van der Waals surface area contributed by atoms with Crippen LogP contribution in [0.4, 0.5) is 14.6 Å². The molecule has 0 bridgehead atoms. The summed E-state index contributed by atoms with van der Waals surface area (Å²) in [4.78, 5) is 8.68. The molecule has 1 aromatic carbocycles. The molecule has 136 valence electrons. The van der Waals surface area contributed by atoms with E-state index in [9.17, 15) is 8.78 Å². The van der Waals surface area contributed by atoms with Crippen LogP contribution in [0.5, 0.6) is 0 Å². The first-order valence-electron chi connectivity index (χ1n) is 8.64. The molecule has 1 saturated heterocycles. The van der Waals surface area contributed by atoms with E-state index in [0.717, 1.165) is 42.9 Å². The number of fused-ring (bicyclic) bond motifs is 1. The Morgan fingerprint density at radius 2 is 2.04 bits per heavy atom. The molecule has 3 aromatic rings. The van der Waals surface area contributed by atoms with E-state index in [1.54, 1.807) is 6.20 Å². The molecule has 0 unspecified atom stereocenters. The van der Waals surface area contributed by atoms with Gasteiger partial charge in [-0.15, -0.1) is 10.2 Å². The van der Waals surface area contributed by atoms with Crippen LogP contribution in [0, 0.1) is 11.6 Å². The number of aryl methyl sites for hydroxylation is 1. The van der Waals surface area contributed by atoms with Gasteiger partial charge in [0.2, 0.25) is 5.65 Å². The highest BCUT2D eigenvalue weighted by atomic mass is 19.1. The molecule has 26 heavy (non-hydrogen) atoms. The molecule has 0 radical (unpaired) electrons. The number of halogens is 2. The predicted molar refractivity (Wildman–Crippen MR) is 94.0 cm³/mol. The fourth-order valence-corrected chi connectivity index (χ4v) is 3.28. The zero-order valence-corrected chi connectivity index (χ0v) is 14.7. The Bertz CT molecular complexity index is 935. The maximum absolute atomic E-state index is 13.8. The van der Waals surface area contributed by atoms with E-state index in [-0.39, 0.29) is 6.04 Å². The number of hydrogen-bond donors (Lipinski definition) is 0. The van der Waals surface area contributed by atoms with Gasteiger partial charge in [0.25, 0.3) is 0 Å². The summed E-state index contributed by atoms with van der Waals surface area (Å²) in [6, 6.07) is 4.00. The summed E-state index contributed by atoms with van der Waals surface area (Å²) in [5, 5.41) is 8.47. The van der Waals surface area contributed by atoms with Gasteiger partial charge in [0.1, 0.15) is 17.5 Å². The number of likely N-dealkylation sites (N-methyl/N-ethyl adjacent to an activating group) is 1. The van der Waals surface area contributed by atoms with Crippen LogP contribution in [0.25, 0.3) is 5.65 Å². The summed E-state index contributed by atoms with van der Waals surface area (Å²) in [6.45, 7) is 4.04. The van der Waals surface area contributed by atoms with Gasteiger partial charge in [-0.2, -0.15) is 0 Å². The van der Waals surface area contributed by atoms with Gasteiger partial charge >= 0.3 is 0 Å². The van der Waals surface area contributed by atoms with Crippen LogP contribution >= 0.6 is 0 Å². The standard InChI is InChI=1S/C18H20F2N6/c1-3-16-22-23-18-17(21-6-7-26(16)18)25-10-14(11-25)24(2)9-12-4-5-13(19)8-15(12)20/h4-8,14H,3,9-11H2,1-2H3. The lowest BCUT2D eigenvalue weighted by Crippen LogP contribution is -2.58. The highest BCUT2D eigenvalue weighted by Gasteiger charge is 2.32. The first-order chi connectivity index (χ1) is 12.6. The van der Waals surface area contributed by atoms with E-state index in [1.165, 1.54) is 12.1 Å². The van der Waals surface area contributed by atoms with Crippen LogP contribution in [-0.4, -0.2) is 50.7 Å². The average molecular weight is 358 g/mol. The van der Waals surface area contributed by atoms with Crippen molar-refractivity contribution in [3.8, 4) is 0 Å². The average Bonchev–Trinajstić information content (AvgIpc) is 3.00. The van der Waals surface area contributed by atoms with Crippen molar-refractivity contribution in [3.63, 3.8) is 0 Å². The second-order valence-corrected chi connectivity index (χ2v) is 6.62. The molecule has 0 N–H and O–H groups in total. The summed E-state index contributed by atoms with van der Waals surface area (Å²) < 4.78 is 28.8. The van der Waals surface area contributed by atoms with Crippen LogP contribution in [-0.2, 0) is 13.0 Å². The van der Waals surface area contributed by atoms with Gasteiger partial charge in [0, 0.05) is 56.1 Å².